The van der Waals surface area contributed by atoms with Crippen molar-refractivity contribution in [2.75, 3.05) is 11.9 Å². The number of carbonyl (C=O) groups is 1. The Balaban J connectivity index is 1.61. The number of ether oxygens (including phenoxy) is 1. The molecule has 0 spiro atoms. The van der Waals surface area contributed by atoms with Gasteiger partial charge in [-0.1, -0.05) is 18.2 Å². The fourth-order valence-corrected chi connectivity index (χ4v) is 2.82. The highest BCUT2D eigenvalue weighted by Crippen LogP contribution is 2.34. The molecule has 0 aliphatic carbocycles. The van der Waals surface area contributed by atoms with Gasteiger partial charge in [0.2, 0.25) is 5.91 Å². The molecule has 0 bridgehead atoms. The van der Waals surface area contributed by atoms with Crippen LogP contribution in [-0.2, 0) is 11.8 Å². The van der Waals surface area contributed by atoms with Gasteiger partial charge in [0.05, 0.1) is 5.52 Å². The van der Waals surface area contributed by atoms with E-state index in [0.717, 1.165) is 11.3 Å². The van der Waals surface area contributed by atoms with E-state index in [9.17, 15) is 9.59 Å². The fourth-order valence-electron chi connectivity index (χ4n) is 2.82. The summed E-state index contributed by atoms with van der Waals surface area (Å²) in [6, 6.07) is 12.7. The van der Waals surface area contributed by atoms with Crippen molar-refractivity contribution in [2.45, 2.75) is 5.92 Å². The predicted molar refractivity (Wildman–Crippen MR) is 84.8 cm³/mol. The van der Waals surface area contributed by atoms with Crippen molar-refractivity contribution in [2.24, 2.45) is 7.05 Å². The molecular weight excluding hydrogens is 296 g/mol. The number of nitrogens with one attached hydrogen (secondary N) is 1. The van der Waals surface area contributed by atoms with Crippen LogP contribution in [0.1, 0.15) is 11.5 Å². The first-order chi connectivity index (χ1) is 11.1. The average molecular weight is 310 g/mol. The lowest BCUT2D eigenvalue weighted by Gasteiger charge is -2.10. The number of carbonyl (C=O) groups excluding carboxylic acids is 1. The molecule has 1 atom stereocenters. The smallest absolute Gasteiger partial charge is 0.419 e. The van der Waals surface area contributed by atoms with E-state index in [-0.39, 0.29) is 11.8 Å². The zero-order chi connectivity index (χ0) is 16.0. The van der Waals surface area contributed by atoms with Crippen LogP contribution >= 0.6 is 0 Å². The quantitative estimate of drug-likeness (QED) is 0.788. The average Bonchev–Trinajstić information content (AvgIpc) is 3.09. The number of amides is 1. The number of rotatable bonds is 2. The summed E-state index contributed by atoms with van der Waals surface area (Å²) in [4.78, 5) is 24.0. The SMILES string of the molecule is Cn1c(=O)oc2cc(NC(=O)C3COc4ccccc43)ccc21. The van der Waals surface area contributed by atoms with Crippen molar-refractivity contribution >= 4 is 22.7 Å². The summed E-state index contributed by atoms with van der Waals surface area (Å²) in [5.41, 5.74) is 2.60. The minimum Gasteiger partial charge on any atom is -0.492 e. The third-order valence-corrected chi connectivity index (χ3v) is 4.08. The molecule has 0 radical (unpaired) electrons. The molecule has 0 saturated heterocycles. The van der Waals surface area contributed by atoms with Crippen LogP contribution in [0.15, 0.2) is 51.7 Å². The zero-order valence-corrected chi connectivity index (χ0v) is 12.4. The molecule has 0 fully saturated rings. The molecule has 0 saturated carbocycles. The highest BCUT2D eigenvalue weighted by molar-refractivity contribution is 5.98. The van der Waals surface area contributed by atoms with E-state index in [4.69, 9.17) is 9.15 Å². The molecule has 1 amide bonds. The molecule has 4 rings (SSSR count). The maximum absolute atomic E-state index is 12.5. The first-order valence-corrected chi connectivity index (χ1v) is 7.25. The van der Waals surface area contributed by atoms with E-state index in [1.54, 1.807) is 25.2 Å². The van der Waals surface area contributed by atoms with E-state index < -0.39 is 5.76 Å². The molecule has 1 N–H and O–H groups in total. The summed E-state index contributed by atoms with van der Waals surface area (Å²) >= 11 is 0. The number of para-hydroxylation sites is 1. The van der Waals surface area contributed by atoms with Gasteiger partial charge >= 0.3 is 5.76 Å². The molecule has 1 aromatic heterocycles. The molecule has 23 heavy (non-hydrogen) atoms. The second-order valence-electron chi connectivity index (χ2n) is 5.50. The van der Waals surface area contributed by atoms with Gasteiger partial charge in [0, 0.05) is 24.4 Å². The number of oxazole rings is 1. The van der Waals surface area contributed by atoms with E-state index in [1.165, 1.54) is 4.57 Å². The number of aromatic nitrogens is 1. The maximum Gasteiger partial charge on any atom is 0.419 e. The first-order valence-electron chi connectivity index (χ1n) is 7.25. The Kier molecular flexibility index (Phi) is 2.97. The summed E-state index contributed by atoms with van der Waals surface area (Å²) in [5, 5.41) is 2.86. The number of aryl methyl sites for hydroxylation is 1. The van der Waals surface area contributed by atoms with Crippen LogP contribution in [0.25, 0.3) is 11.1 Å². The third-order valence-electron chi connectivity index (χ3n) is 4.08. The summed E-state index contributed by atoms with van der Waals surface area (Å²) in [5.74, 6) is -0.170. The normalized spacial score (nSPS) is 16.1. The minimum atomic E-state index is -0.429. The van der Waals surface area contributed by atoms with Gasteiger partial charge < -0.3 is 14.5 Å². The lowest BCUT2D eigenvalue weighted by atomic mass is 10.0. The van der Waals surface area contributed by atoms with Crippen molar-refractivity contribution in [1.82, 2.24) is 4.57 Å². The summed E-state index contributed by atoms with van der Waals surface area (Å²) in [6.07, 6.45) is 0. The Labute approximate surface area is 131 Å². The molecular formula is C17H14N2O4. The minimum absolute atomic E-state index is 0.146. The molecule has 2 aromatic carbocycles. The third kappa shape index (κ3) is 2.19. The molecule has 1 aliphatic heterocycles. The van der Waals surface area contributed by atoms with Crippen LogP contribution in [-0.4, -0.2) is 17.1 Å². The summed E-state index contributed by atoms with van der Waals surface area (Å²) < 4.78 is 12.1. The Morgan fingerprint density at radius 2 is 2.09 bits per heavy atom. The van der Waals surface area contributed by atoms with Gasteiger partial charge in [0.25, 0.3) is 0 Å². The van der Waals surface area contributed by atoms with Crippen LogP contribution < -0.4 is 15.8 Å². The highest BCUT2D eigenvalue weighted by Gasteiger charge is 2.30. The maximum atomic E-state index is 12.5. The van der Waals surface area contributed by atoms with Crippen LogP contribution in [0, 0.1) is 0 Å². The number of fused-ring (bicyclic) bond motifs is 2. The van der Waals surface area contributed by atoms with Crippen LogP contribution in [0.5, 0.6) is 5.75 Å². The van der Waals surface area contributed by atoms with E-state index >= 15 is 0 Å². The monoisotopic (exact) mass is 310 g/mol. The zero-order valence-electron chi connectivity index (χ0n) is 12.4. The van der Waals surface area contributed by atoms with Gasteiger partial charge in [-0.2, -0.15) is 0 Å². The predicted octanol–water partition coefficient (Wildman–Crippen LogP) is 2.25. The van der Waals surface area contributed by atoms with Gasteiger partial charge in [-0.05, 0) is 18.2 Å². The number of hydrogen-bond donors (Lipinski definition) is 1. The van der Waals surface area contributed by atoms with E-state index in [1.807, 2.05) is 24.3 Å². The number of nitrogens with zero attached hydrogens (tertiary/aromatic N) is 1. The number of anilines is 1. The second-order valence-corrected chi connectivity index (χ2v) is 5.50. The van der Waals surface area contributed by atoms with Gasteiger partial charge in [-0.15, -0.1) is 0 Å². The first kappa shape index (κ1) is 13.6. The highest BCUT2D eigenvalue weighted by atomic mass is 16.5. The molecule has 6 nitrogen and oxygen atoms in total. The number of benzene rings is 2. The summed E-state index contributed by atoms with van der Waals surface area (Å²) in [7, 11) is 1.64. The van der Waals surface area contributed by atoms with Crippen molar-refractivity contribution in [3.63, 3.8) is 0 Å². The van der Waals surface area contributed by atoms with Crippen molar-refractivity contribution < 1.29 is 13.9 Å². The lowest BCUT2D eigenvalue weighted by Crippen LogP contribution is -2.22. The molecule has 3 aromatic rings. The fraction of sp³-hybridized carbons (Fsp3) is 0.176. The standard InChI is InChI=1S/C17H14N2O4/c1-19-13-7-6-10(8-15(13)23-17(19)21)18-16(20)12-9-22-14-5-3-2-4-11(12)14/h2-8,12H,9H2,1H3,(H,18,20). The van der Waals surface area contributed by atoms with Crippen LogP contribution in [0.2, 0.25) is 0 Å². The van der Waals surface area contributed by atoms with Crippen molar-refractivity contribution in [3.8, 4) is 5.75 Å². The Hall–Kier alpha value is -3.02. The molecule has 2 heterocycles. The molecule has 1 aliphatic rings. The van der Waals surface area contributed by atoms with Crippen LogP contribution in [0.4, 0.5) is 5.69 Å². The van der Waals surface area contributed by atoms with Gasteiger partial charge in [0.15, 0.2) is 5.58 Å². The molecule has 6 heteroatoms. The Bertz CT molecular complexity index is 970. The van der Waals surface area contributed by atoms with Crippen LogP contribution in [0.3, 0.4) is 0 Å². The molecule has 1 unspecified atom stereocenters. The molecule has 116 valence electrons. The van der Waals surface area contributed by atoms with Gasteiger partial charge in [-0.3, -0.25) is 9.36 Å². The van der Waals surface area contributed by atoms with Crippen molar-refractivity contribution in [1.29, 1.82) is 0 Å². The van der Waals surface area contributed by atoms with E-state index in [0.29, 0.717) is 23.4 Å². The summed E-state index contributed by atoms with van der Waals surface area (Å²) in [6.45, 7) is 0.327. The Morgan fingerprint density at radius 1 is 1.26 bits per heavy atom. The van der Waals surface area contributed by atoms with Gasteiger partial charge in [0.1, 0.15) is 18.3 Å². The van der Waals surface area contributed by atoms with Crippen molar-refractivity contribution in [3.05, 3.63) is 58.6 Å². The van der Waals surface area contributed by atoms with Gasteiger partial charge in [-0.25, -0.2) is 4.79 Å². The lowest BCUT2D eigenvalue weighted by molar-refractivity contribution is -0.117. The number of hydrogen-bond acceptors (Lipinski definition) is 4. The Morgan fingerprint density at radius 3 is 2.96 bits per heavy atom. The second kappa shape index (κ2) is 5.01. The largest absolute Gasteiger partial charge is 0.492 e. The topological polar surface area (TPSA) is 73.5 Å². The van der Waals surface area contributed by atoms with E-state index in [2.05, 4.69) is 5.32 Å².